The Morgan fingerprint density at radius 2 is 1.07 bits per heavy atom. The molecule has 0 radical (unpaired) electrons. The van der Waals surface area contributed by atoms with Crippen LogP contribution >= 0.6 is 0 Å². The van der Waals surface area contributed by atoms with Crippen molar-refractivity contribution in [2.24, 2.45) is 5.73 Å². The number of nitrogens with one attached hydrogen (secondary N) is 1. The minimum Gasteiger partial charge on any atom is -0.508 e. The molecule has 1 aromatic carbocycles. The summed E-state index contributed by atoms with van der Waals surface area (Å²) in [5, 5.41) is 12.5. The van der Waals surface area contributed by atoms with Crippen LogP contribution < -0.4 is 11.1 Å². The van der Waals surface area contributed by atoms with Gasteiger partial charge in [-0.3, -0.25) is 4.79 Å². The molecule has 0 aliphatic rings. The predicted molar refractivity (Wildman–Crippen MR) is 196 cm³/mol. The number of phenols is 1. The summed E-state index contributed by atoms with van der Waals surface area (Å²) < 4.78 is 12.2. The van der Waals surface area contributed by atoms with Crippen molar-refractivity contribution in [1.29, 1.82) is 0 Å². The number of amides is 1. The summed E-state index contributed by atoms with van der Waals surface area (Å²) >= 11 is 0. The van der Waals surface area contributed by atoms with Crippen molar-refractivity contribution in [3.8, 4) is 5.75 Å². The monoisotopic (exact) mass is 647 g/mol. The quantitative estimate of drug-likeness (QED) is 0.0648. The number of phenolic OH excluding ortho intramolecular Hbond substituents is 1. The maximum atomic E-state index is 12.7. The number of hydrogen-bond acceptors (Lipinski definition) is 5. The van der Waals surface area contributed by atoms with E-state index in [4.69, 9.17) is 15.2 Å². The average molecular weight is 647 g/mol. The van der Waals surface area contributed by atoms with Crippen LogP contribution in [-0.4, -0.2) is 49.5 Å². The molecule has 2 atom stereocenters. The minimum absolute atomic E-state index is 0.171. The molecule has 0 spiro atoms. The van der Waals surface area contributed by atoms with E-state index in [-0.39, 0.29) is 17.8 Å². The van der Waals surface area contributed by atoms with Crippen molar-refractivity contribution in [3.05, 3.63) is 29.8 Å². The van der Waals surface area contributed by atoms with Crippen LogP contribution in [0.5, 0.6) is 5.75 Å². The fraction of sp³-hybridized carbons (Fsp3) is 0.825. The van der Waals surface area contributed by atoms with Gasteiger partial charge in [-0.2, -0.15) is 0 Å². The molecule has 1 unspecified atom stereocenters. The number of hydrogen-bond donors (Lipinski definition) is 3. The van der Waals surface area contributed by atoms with E-state index in [9.17, 15) is 9.90 Å². The maximum Gasteiger partial charge on any atom is 0.237 e. The van der Waals surface area contributed by atoms with Gasteiger partial charge in [-0.1, -0.05) is 167 Å². The Balaban J connectivity index is 2.24. The van der Waals surface area contributed by atoms with Gasteiger partial charge in [0.05, 0.1) is 18.8 Å². The van der Waals surface area contributed by atoms with Crippen molar-refractivity contribution >= 4 is 5.91 Å². The first-order valence-corrected chi connectivity index (χ1v) is 19.6. The molecule has 6 heteroatoms. The number of carbonyl (C=O) groups excluding carboxylic acids is 1. The normalized spacial score (nSPS) is 12.8. The molecule has 0 saturated carbocycles. The fourth-order valence-corrected chi connectivity index (χ4v) is 5.94. The highest BCUT2D eigenvalue weighted by Crippen LogP contribution is 2.14. The Bertz CT molecular complexity index is 788. The van der Waals surface area contributed by atoms with Crippen LogP contribution in [-0.2, 0) is 20.7 Å². The second-order valence-electron chi connectivity index (χ2n) is 13.6. The van der Waals surface area contributed by atoms with Gasteiger partial charge in [0.15, 0.2) is 0 Å². The molecule has 0 bridgehead atoms. The van der Waals surface area contributed by atoms with Gasteiger partial charge in [-0.15, -0.1) is 0 Å². The molecule has 0 saturated heterocycles. The van der Waals surface area contributed by atoms with Gasteiger partial charge in [-0.05, 0) is 37.0 Å². The Morgan fingerprint density at radius 3 is 1.52 bits per heavy atom. The third kappa shape index (κ3) is 26.4. The molecule has 268 valence electrons. The first-order valence-electron chi connectivity index (χ1n) is 19.6. The molecule has 1 amide bonds. The molecule has 1 aromatic rings. The van der Waals surface area contributed by atoms with Crippen molar-refractivity contribution < 1.29 is 19.4 Å². The Morgan fingerprint density at radius 1 is 0.652 bits per heavy atom. The van der Waals surface area contributed by atoms with Gasteiger partial charge in [-0.25, -0.2) is 0 Å². The number of unbranched alkanes of at least 4 members (excludes halogenated alkanes) is 22. The average Bonchev–Trinajstić information content (AvgIpc) is 3.06. The summed E-state index contributed by atoms with van der Waals surface area (Å²) in [5.74, 6) is 0.0198. The molecule has 0 fully saturated rings. The van der Waals surface area contributed by atoms with E-state index in [2.05, 4.69) is 19.2 Å². The Kier molecular flexibility index (Phi) is 29.4. The lowest BCUT2D eigenvalue weighted by Gasteiger charge is -2.20. The summed E-state index contributed by atoms with van der Waals surface area (Å²) in [5.41, 5.74) is 7.11. The third-order valence-electron chi connectivity index (χ3n) is 9.03. The molecule has 4 N–H and O–H groups in total. The van der Waals surface area contributed by atoms with Gasteiger partial charge in [0.25, 0.3) is 0 Å². The zero-order valence-corrected chi connectivity index (χ0v) is 30.2. The van der Waals surface area contributed by atoms with Gasteiger partial charge in [0, 0.05) is 19.8 Å². The van der Waals surface area contributed by atoms with Crippen molar-refractivity contribution in [2.75, 3.05) is 26.4 Å². The zero-order chi connectivity index (χ0) is 33.3. The lowest BCUT2D eigenvalue weighted by molar-refractivity contribution is -0.123. The van der Waals surface area contributed by atoms with Crippen LogP contribution in [0.2, 0.25) is 0 Å². The first kappa shape index (κ1) is 42.4. The van der Waals surface area contributed by atoms with Crippen LogP contribution in [0.1, 0.15) is 174 Å². The number of carbonyl (C=O) groups is 1. The minimum atomic E-state index is -0.650. The standard InChI is InChI=1S/C40H74N2O4/c1-3-5-7-9-11-13-15-17-19-21-23-25-31-45-35-38(34-42-40(44)39(41)33-36-27-29-37(43)30-28-36)46-32-26-24-22-20-18-16-14-12-10-8-6-4-2/h27-30,38-39,43H,3-26,31-35,41H2,1-2H3,(H,42,44)/t38?,39-/m0/s1. The van der Waals surface area contributed by atoms with E-state index in [0.717, 1.165) is 25.0 Å². The summed E-state index contributed by atoms with van der Waals surface area (Å²) in [7, 11) is 0. The molecule has 0 heterocycles. The van der Waals surface area contributed by atoms with Crippen molar-refractivity contribution in [1.82, 2.24) is 5.32 Å². The lowest BCUT2D eigenvalue weighted by Crippen LogP contribution is -2.45. The van der Waals surface area contributed by atoms with E-state index in [1.165, 1.54) is 141 Å². The van der Waals surface area contributed by atoms with Crippen LogP contribution in [0.4, 0.5) is 0 Å². The molecule has 0 aliphatic heterocycles. The van der Waals surface area contributed by atoms with E-state index >= 15 is 0 Å². The van der Waals surface area contributed by atoms with Crippen LogP contribution in [0.25, 0.3) is 0 Å². The number of nitrogens with two attached hydrogens (primary N) is 1. The molecule has 46 heavy (non-hydrogen) atoms. The molecule has 0 aliphatic carbocycles. The highest BCUT2D eigenvalue weighted by atomic mass is 16.5. The van der Waals surface area contributed by atoms with Crippen molar-refractivity contribution in [2.45, 2.75) is 187 Å². The molecule has 6 nitrogen and oxygen atoms in total. The summed E-state index contributed by atoms with van der Waals surface area (Å²) in [4.78, 5) is 12.7. The fourth-order valence-electron chi connectivity index (χ4n) is 5.94. The van der Waals surface area contributed by atoms with E-state index in [0.29, 0.717) is 26.2 Å². The summed E-state index contributed by atoms with van der Waals surface area (Å²) in [6, 6.07) is 6.18. The predicted octanol–water partition coefficient (Wildman–Crippen LogP) is 10.2. The molecule has 1 rings (SSSR count). The number of ether oxygens (including phenoxy) is 2. The van der Waals surface area contributed by atoms with E-state index in [1.807, 2.05) is 0 Å². The maximum absolute atomic E-state index is 12.7. The van der Waals surface area contributed by atoms with Gasteiger partial charge in [0.1, 0.15) is 5.75 Å². The van der Waals surface area contributed by atoms with Crippen LogP contribution in [0.3, 0.4) is 0 Å². The lowest BCUT2D eigenvalue weighted by atomic mass is 10.1. The SMILES string of the molecule is CCCCCCCCCCCCCCOCC(CNC(=O)[C@@H](N)Cc1ccc(O)cc1)OCCCCCCCCCCCCCC. The van der Waals surface area contributed by atoms with Gasteiger partial charge >= 0.3 is 0 Å². The van der Waals surface area contributed by atoms with Crippen molar-refractivity contribution in [3.63, 3.8) is 0 Å². The number of benzene rings is 1. The zero-order valence-electron chi connectivity index (χ0n) is 30.2. The highest BCUT2D eigenvalue weighted by molar-refractivity contribution is 5.81. The Hall–Kier alpha value is -1.63. The second kappa shape index (κ2) is 31.9. The highest BCUT2D eigenvalue weighted by Gasteiger charge is 2.17. The molecular formula is C40H74N2O4. The summed E-state index contributed by atoms with van der Waals surface area (Å²) in [6.45, 7) is 6.88. The van der Waals surface area contributed by atoms with Gasteiger partial charge in [0.2, 0.25) is 5.91 Å². The van der Waals surface area contributed by atoms with Gasteiger partial charge < -0.3 is 25.6 Å². The summed E-state index contributed by atoms with van der Waals surface area (Å²) in [6.07, 6.45) is 32.0. The smallest absolute Gasteiger partial charge is 0.237 e. The second-order valence-corrected chi connectivity index (χ2v) is 13.6. The largest absolute Gasteiger partial charge is 0.508 e. The number of rotatable bonds is 34. The molecule has 0 aromatic heterocycles. The third-order valence-corrected chi connectivity index (χ3v) is 9.03. The topological polar surface area (TPSA) is 93.8 Å². The molecular weight excluding hydrogens is 572 g/mol. The van der Waals surface area contributed by atoms with Crippen LogP contribution in [0, 0.1) is 0 Å². The van der Waals surface area contributed by atoms with Crippen LogP contribution in [0.15, 0.2) is 24.3 Å². The van der Waals surface area contributed by atoms with E-state index in [1.54, 1.807) is 24.3 Å². The Labute approximate surface area is 284 Å². The number of aromatic hydroxyl groups is 1. The first-order chi connectivity index (χ1) is 22.6. The van der Waals surface area contributed by atoms with E-state index < -0.39 is 6.04 Å².